The summed E-state index contributed by atoms with van der Waals surface area (Å²) in [5.41, 5.74) is -0.261. The minimum atomic E-state index is -0.717. The number of halogens is 1. The third-order valence-corrected chi connectivity index (χ3v) is 2.17. The van der Waals surface area contributed by atoms with E-state index in [4.69, 9.17) is 9.52 Å². The van der Waals surface area contributed by atoms with Crippen molar-refractivity contribution >= 4 is 26.9 Å². The SMILES string of the molecule is O=c1oc2cc(Br)ccc2cc1O. The summed E-state index contributed by atoms with van der Waals surface area (Å²) in [5.74, 6) is -0.366. The van der Waals surface area contributed by atoms with Crippen molar-refractivity contribution in [1.82, 2.24) is 0 Å². The molecule has 0 atom stereocenters. The lowest BCUT2D eigenvalue weighted by Gasteiger charge is -1.96. The summed E-state index contributed by atoms with van der Waals surface area (Å²) in [6.45, 7) is 0. The molecule has 0 aliphatic carbocycles. The van der Waals surface area contributed by atoms with Crippen molar-refractivity contribution < 1.29 is 9.52 Å². The molecule has 0 amide bonds. The number of rotatable bonds is 0. The third kappa shape index (κ3) is 1.45. The largest absolute Gasteiger partial charge is 0.502 e. The van der Waals surface area contributed by atoms with Gasteiger partial charge in [0.15, 0.2) is 0 Å². The Labute approximate surface area is 81.7 Å². The van der Waals surface area contributed by atoms with E-state index in [1.165, 1.54) is 6.07 Å². The van der Waals surface area contributed by atoms with Crippen LogP contribution in [-0.4, -0.2) is 5.11 Å². The van der Waals surface area contributed by atoms with Gasteiger partial charge in [-0.05, 0) is 24.3 Å². The molecule has 1 aromatic heterocycles. The van der Waals surface area contributed by atoms with Crippen LogP contribution in [0.2, 0.25) is 0 Å². The van der Waals surface area contributed by atoms with Gasteiger partial charge in [-0.15, -0.1) is 0 Å². The maximum Gasteiger partial charge on any atom is 0.378 e. The highest BCUT2D eigenvalue weighted by molar-refractivity contribution is 9.10. The van der Waals surface area contributed by atoms with Gasteiger partial charge in [-0.25, -0.2) is 4.79 Å². The normalized spacial score (nSPS) is 10.5. The molecule has 0 saturated heterocycles. The van der Waals surface area contributed by atoms with E-state index in [-0.39, 0.29) is 5.75 Å². The van der Waals surface area contributed by atoms with Crippen molar-refractivity contribution in [2.75, 3.05) is 0 Å². The predicted molar refractivity (Wildman–Crippen MR) is 51.8 cm³/mol. The number of hydrogen-bond donors (Lipinski definition) is 1. The Morgan fingerprint density at radius 3 is 2.85 bits per heavy atom. The van der Waals surface area contributed by atoms with Gasteiger partial charge in [0.2, 0.25) is 5.75 Å². The Bertz CT molecular complexity index is 516. The molecule has 4 heteroatoms. The van der Waals surface area contributed by atoms with Crippen LogP contribution in [0.25, 0.3) is 11.0 Å². The molecule has 3 nitrogen and oxygen atoms in total. The van der Waals surface area contributed by atoms with E-state index in [2.05, 4.69) is 15.9 Å². The van der Waals surface area contributed by atoms with Gasteiger partial charge >= 0.3 is 5.63 Å². The van der Waals surface area contributed by atoms with E-state index in [0.29, 0.717) is 11.0 Å². The summed E-state index contributed by atoms with van der Waals surface area (Å²) in [6.07, 6.45) is 0. The van der Waals surface area contributed by atoms with Crippen molar-refractivity contribution in [3.63, 3.8) is 0 Å². The molecule has 0 aliphatic heterocycles. The van der Waals surface area contributed by atoms with Crippen molar-refractivity contribution in [3.8, 4) is 5.75 Å². The van der Waals surface area contributed by atoms with E-state index >= 15 is 0 Å². The van der Waals surface area contributed by atoms with Gasteiger partial charge in [0.1, 0.15) is 5.58 Å². The monoisotopic (exact) mass is 240 g/mol. The fraction of sp³-hybridized carbons (Fsp3) is 0. The molecule has 1 heterocycles. The second-order valence-corrected chi connectivity index (χ2v) is 3.52. The molecule has 2 aromatic rings. The van der Waals surface area contributed by atoms with Gasteiger partial charge in [-0.2, -0.15) is 0 Å². The molecule has 0 bridgehead atoms. The average Bonchev–Trinajstić information content (AvgIpc) is 2.08. The summed E-state index contributed by atoms with van der Waals surface area (Å²) < 4.78 is 5.67. The molecule has 66 valence electrons. The molecule has 2 rings (SSSR count). The summed E-state index contributed by atoms with van der Waals surface area (Å²) in [6, 6.07) is 6.62. The smallest absolute Gasteiger partial charge is 0.378 e. The van der Waals surface area contributed by atoms with Crippen molar-refractivity contribution in [2.45, 2.75) is 0 Å². The van der Waals surface area contributed by atoms with Gasteiger partial charge < -0.3 is 9.52 Å². The van der Waals surface area contributed by atoms with Crippen LogP contribution < -0.4 is 5.63 Å². The van der Waals surface area contributed by atoms with E-state index in [9.17, 15) is 4.79 Å². The highest BCUT2D eigenvalue weighted by atomic mass is 79.9. The van der Waals surface area contributed by atoms with Crippen LogP contribution in [0.3, 0.4) is 0 Å². The standard InChI is InChI=1S/C9H5BrO3/c10-6-2-1-5-3-7(11)9(12)13-8(5)4-6/h1-4,11H. The first-order valence-electron chi connectivity index (χ1n) is 3.59. The van der Waals surface area contributed by atoms with Crippen LogP contribution in [0.1, 0.15) is 0 Å². The van der Waals surface area contributed by atoms with Crippen LogP contribution in [0.5, 0.6) is 5.75 Å². The van der Waals surface area contributed by atoms with Crippen LogP contribution in [0.15, 0.2) is 37.9 Å². The molecule has 0 aliphatic rings. The Hall–Kier alpha value is -1.29. The van der Waals surface area contributed by atoms with Crippen LogP contribution in [0, 0.1) is 0 Å². The van der Waals surface area contributed by atoms with E-state index in [0.717, 1.165) is 4.47 Å². The third-order valence-electron chi connectivity index (χ3n) is 1.68. The molecule has 0 unspecified atom stereocenters. The Kier molecular flexibility index (Phi) is 1.84. The summed E-state index contributed by atoms with van der Waals surface area (Å²) in [5, 5.41) is 9.76. The first-order valence-corrected chi connectivity index (χ1v) is 4.38. The molecular formula is C9H5BrO3. The Morgan fingerprint density at radius 2 is 2.08 bits per heavy atom. The second kappa shape index (κ2) is 2.88. The number of benzene rings is 1. The molecule has 0 fully saturated rings. The highest BCUT2D eigenvalue weighted by Crippen LogP contribution is 2.20. The Balaban J connectivity index is 2.89. The lowest BCUT2D eigenvalue weighted by molar-refractivity contribution is 0.428. The first-order chi connectivity index (χ1) is 6.16. The number of fused-ring (bicyclic) bond motifs is 1. The van der Waals surface area contributed by atoms with Gasteiger partial charge in [0.05, 0.1) is 0 Å². The van der Waals surface area contributed by atoms with Crippen molar-refractivity contribution in [2.24, 2.45) is 0 Å². The molecule has 1 aromatic carbocycles. The molecule has 0 spiro atoms. The average molecular weight is 241 g/mol. The summed E-state index contributed by atoms with van der Waals surface area (Å²) >= 11 is 3.25. The topological polar surface area (TPSA) is 50.4 Å². The minimum Gasteiger partial charge on any atom is -0.502 e. The highest BCUT2D eigenvalue weighted by Gasteiger charge is 2.02. The van der Waals surface area contributed by atoms with Gasteiger partial charge in [0.25, 0.3) is 0 Å². The van der Waals surface area contributed by atoms with E-state index in [1.807, 2.05) is 6.07 Å². The zero-order valence-electron chi connectivity index (χ0n) is 6.45. The molecule has 0 saturated carbocycles. The molecule has 0 radical (unpaired) electrons. The molecule has 13 heavy (non-hydrogen) atoms. The second-order valence-electron chi connectivity index (χ2n) is 2.60. The van der Waals surface area contributed by atoms with Gasteiger partial charge in [-0.3, -0.25) is 0 Å². The van der Waals surface area contributed by atoms with E-state index in [1.54, 1.807) is 12.1 Å². The zero-order valence-corrected chi connectivity index (χ0v) is 8.04. The maximum absolute atomic E-state index is 10.9. The fourth-order valence-electron chi connectivity index (χ4n) is 1.07. The van der Waals surface area contributed by atoms with E-state index < -0.39 is 5.63 Å². The number of aromatic hydroxyl groups is 1. The van der Waals surface area contributed by atoms with Crippen LogP contribution in [0.4, 0.5) is 0 Å². The maximum atomic E-state index is 10.9. The predicted octanol–water partition coefficient (Wildman–Crippen LogP) is 2.26. The first kappa shape index (κ1) is 8.31. The molecular weight excluding hydrogens is 236 g/mol. The van der Waals surface area contributed by atoms with Gasteiger partial charge in [-0.1, -0.05) is 15.9 Å². The minimum absolute atomic E-state index is 0.366. The fourth-order valence-corrected chi connectivity index (χ4v) is 1.41. The lowest BCUT2D eigenvalue weighted by Crippen LogP contribution is -1.96. The van der Waals surface area contributed by atoms with Crippen LogP contribution >= 0.6 is 15.9 Å². The zero-order chi connectivity index (χ0) is 9.42. The quantitative estimate of drug-likeness (QED) is 0.719. The Morgan fingerprint density at radius 1 is 1.31 bits per heavy atom. The van der Waals surface area contributed by atoms with Crippen molar-refractivity contribution in [1.29, 1.82) is 0 Å². The summed E-state index contributed by atoms with van der Waals surface area (Å²) in [4.78, 5) is 10.9. The van der Waals surface area contributed by atoms with Gasteiger partial charge in [0, 0.05) is 9.86 Å². The lowest BCUT2D eigenvalue weighted by atomic mass is 10.2. The molecule has 1 N–H and O–H groups in total. The number of hydrogen-bond acceptors (Lipinski definition) is 3. The summed E-state index contributed by atoms with van der Waals surface area (Å²) in [7, 11) is 0. The van der Waals surface area contributed by atoms with Crippen LogP contribution in [-0.2, 0) is 0 Å². The van der Waals surface area contributed by atoms with Crippen molar-refractivity contribution in [3.05, 3.63) is 39.2 Å².